The van der Waals surface area contributed by atoms with Gasteiger partial charge < -0.3 is 10.5 Å². The summed E-state index contributed by atoms with van der Waals surface area (Å²) < 4.78 is 5.04. The number of ether oxygens (including phenoxy) is 1. The molecule has 0 spiro atoms. The molecule has 0 aliphatic heterocycles. The summed E-state index contributed by atoms with van der Waals surface area (Å²) in [7, 11) is 1.66. The molecule has 0 aromatic carbocycles. The van der Waals surface area contributed by atoms with Crippen LogP contribution in [-0.4, -0.2) is 37.7 Å². The summed E-state index contributed by atoms with van der Waals surface area (Å²) in [4.78, 5) is 17.0. The summed E-state index contributed by atoms with van der Waals surface area (Å²) in [6, 6.07) is 5.39. The third kappa shape index (κ3) is 3.65. The first-order chi connectivity index (χ1) is 7.25. The van der Waals surface area contributed by atoms with Gasteiger partial charge in [0.2, 0.25) is 0 Å². The molecule has 0 unspecified atom stereocenters. The molecule has 1 aromatic rings. The third-order valence-electron chi connectivity index (χ3n) is 1.85. The van der Waals surface area contributed by atoms with E-state index in [2.05, 4.69) is 4.98 Å². The standard InChI is InChI=1S/C10H15N3O2/c1-13(9-4-2-3-6-12-9)10(14)8-15-7-5-11/h2-4,6H,5,7-8,11H2,1H3. The molecule has 0 radical (unpaired) electrons. The van der Waals surface area contributed by atoms with Crippen molar-refractivity contribution < 1.29 is 9.53 Å². The number of anilines is 1. The molecule has 1 aromatic heterocycles. The van der Waals surface area contributed by atoms with Gasteiger partial charge in [0.05, 0.1) is 6.61 Å². The lowest BCUT2D eigenvalue weighted by molar-refractivity contribution is -0.122. The van der Waals surface area contributed by atoms with Crippen LogP contribution in [0, 0.1) is 0 Å². The van der Waals surface area contributed by atoms with Gasteiger partial charge in [-0.2, -0.15) is 0 Å². The summed E-state index contributed by atoms with van der Waals surface area (Å²) >= 11 is 0. The second kappa shape index (κ2) is 6.10. The van der Waals surface area contributed by atoms with Crippen LogP contribution in [0.1, 0.15) is 0 Å². The van der Waals surface area contributed by atoms with Gasteiger partial charge in [-0.15, -0.1) is 0 Å². The highest BCUT2D eigenvalue weighted by molar-refractivity contribution is 5.92. The average molecular weight is 209 g/mol. The second-order valence-corrected chi connectivity index (χ2v) is 2.98. The van der Waals surface area contributed by atoms with Crippen LogP contribution in [0.3, 0.4) is 0 Å². The summed E-state index contributed by atoms with van der Waals surface area (Å²) in [6.07, 6.45) is 1.64. The highest BCUT2D eigenvalue weighted by Gasteiger charge is 2.10. The number of nitrogens with zero attached hydrogens (tertiary/aromatic N) is 2. The monoisotopic (exact) mass is 209 g/mol. The van der Waals surface area contributed by atoms with Gasteiger partial charge in [0.15, 0.2) is 0 Å². The normalized spacial score (nSPS) is 10.0. The van der Waals surface area contributed by atoms with E-state index >= 15 is 0 Å². The van der Waals surface area contributed by atoms with E-state index in [9.17, 15) is 4.79 Å². The van der Waals surface area contributed by atoms with Crippen molar-refractivity contribution >= 4 is 11.7 Å². The predicted molar refractivity (Wildman–Crippen MR) is 57.5 cm³/mol. The van der Waals surface area contributed by atoms with Crippen LogP contribution in [0.15, 0.2) is 24.4 Å². The highest BCUT2D eigenvalue weighted by Crippen LogP contribution is 2.06. The van der Waals surface area contributed by atoms with Crippen LogP contribution in [0.25, 0.3) is 0 Å². The molecule has 0 saturated carbocycles. The molecule has 0 aliphatic rings. The van der Waals surface area contributed by atoms with Crippen LogP contribution in [0.4, 0.5) is 5.82 Å². The molecule has 1 heterocycles. The van der Waals surface area contributed by atoms with E-state index in [1.165, 1.54) is 4.90 Å². The van der Waals surface area contributed by atoms with E-state index in [1.807, 2.05) is 6.07 Å². The Labute approximate surface area is 88.9 Å². The van der Waals surface area contributed by atoms with Gasteiger partial charge in [-0.1, -0.05) is 6.07 Å². The molecule has 82 valence electrons. The highest BCUT2D eigenvalue weighted by atomic mass is 16.5. The van der Waals surface area contributed by atoms with Crippen molar-refractivity contribution in [2.24, 2.45) is 5.73 Å². The Morgan fingerprint density at radius 3 is 3.00 bits per heavy atom. The second-order valence-electron chi connectivity index (χ2n) is 2.98. The molecular weight excluding hydrogens is 194 g/mol. The predicted octanol–water partition coefficient (Wildman–Crippen LogP) is 0.0197. The molecule has 0 atom stereocenters. The lowest BCUT2D eigenvalue weighted by Gasteiger charge is -2.15. The topological polar surface area (TPSA) is 68.5 Å². The van der Waals surface area contributed by atoms with Crippen molar-refractivity contribution in [3.63, 3.8) is 0 Å². The fourth-order valence-electron chi connectivity index (χ4n) is 1.02. The number of aromatic nitrogens is 1. The summed E-state index contributed by atoms with van der Waals surface area (Å²) in [5, 5.41) is 0. The molecule has 5 nitrogen and oxygen atoms in total. The average Bonchev–Trinajstić information content (AvgIpc) is 2.29. The Balaban J connectivity index is 2.46. The first kappa shape index (κ1) is 11.6. The zero-order valence-electron chi connectivity index (χ0n) is 8.72. The molecule has 0 fully saturated rings. The zero-order valence-corrected chi connectivity index (χ0v) is 8.72. The first-order valence-electron chi connectivity index (χ1n) is 4.71. The van der Waals surface area contributed by atoms with Gasteiger partial charge in [0.1, 0.15) is 12.4 Å². The van der Waals surface area contributed by atoms with Crippen molar-refractivity contribution in [1.82, 2.24) is 4.98 Å². The molecule has 2 N–H and O–H groups in total. The van der Waals surface area contributed by atoms with E-state index in [-0.39, 0.29) is 12.5 Å². The number of likely N-dealkylation sites (N-methyl/N-ethyl adjacent to an activating group) is 1. The number of carbonyl (C=O) groups excluding carboxylic acids is 1. The van der Waals surface area contributed by atoms with E-state index in [0.29, 0.717) is 19.0 Å². The lowest BCUT2D eigenvalue weighted by atomic mass is 10.4. The summed E-state index contributed by atoms with van der Waals surface area (Å²) in [6.45, 7) is 0.840. The van der Waals surface area contributed by atoms with Gasteiger partial charge in [0, 0.05) is 19.8 Å². The van der Waals surface area contributed by atoms with Crippen LogP contribution in [0.2, 0.25) is 0 Å². The van der Waals surface area contributed by atoms with Crippen molar-refractivity contribution in [2.75, 3.05) is 31.7 Å². The number of carbonyl (C=O) groups is 1. The molecule has 0 aliphatic carbocycles. The van der Waals surface area contributed by atoms with E-state index < -0.39 is 0 Å². The minimum absolute atomic E-state index is 0.0320. The van der Waals surface area contributed by atoms with E-state index in [0.717, 1.165) is 0 Å². The Kier molecular flexibility index (Phi) is 4.73. The van der Waals surface area contributed by atoms with Crippen LogP contribution >= 0.6 is 0 Å². The fraction of sp³-hybridized carbons (Fsp3) is 0.400. The Morgan fingerprint density at radius 2 is 2.40 bits per heavy atom. The maximum Gasteiger partial charge on any atom is 0.253 e. The summed E-state index contributed by atoms with van der Waals surface area (Å²) in [5.74, 6) is 0.473. The number of hydrogen-bond acceptors (Lipinski definition) is 4. The quantitative estimate of drug-likeness (QED) is 0.694. The number of rotatable bonds is 5. The Hall–Kier alpha value is -1.46. The van der Waals surface area contributed by atoms with Gasteiger partial charge in [-0.05, 0) is 12.1 Å². The number of pyridine rings is 1. The Bertz CT molecular complexity index is 303. The van der Waals surface area contributed by atoms with Gasteiger partial charge in [0.25, 0.3) is 5.91 Å². The zero-order chi connectivity index (χ0) is 11.1. The largest absolute Gasteiger partial charge is 0.370 e. The van der Waals surface area contributed by atoms with Gasteiger partial charge in [-0.3, -0.25) is 9.69 Å². The molecule has 1 rings (SSSR count). The summed E-state index contributed by atoms with van der Waals surface area (Å²) in [5.41, 5.74) is 5.24. The molecule has 5 heteroatoms. The van der Waals surface area contributed by atoms with Gasteiger partial charge in [-0.25, -0.2) is 4.98 Å². The number of nitrogens with two attached hydrogens (primary N) is 1. The van der Waals surface area contributed by atoms with E-state index in [1.54, 1.807) is 25.4 Å². The van der Waals surface area contributed by atoms with E-state index in [4.69, 9.17) is 10.5 Å². The molecule has 0 bridgehead atoms. The number of hydrogen-bond donors (Lipinski definition) is 1. The van der Waals surface area contributed by atoms with Crippen molar-refractivity contribution in [3.05, 3.63) is 24.4 Å². The molecule has 1 amide bonds. The fourth-order valence-corrected chi connectivity index (χ4v) is 1.02. The van der Waals surface area contributed by atoms with Crippen LogP contribution in [0.5, 0.6) is 0 Å². The van der Waals surface area contributed by atoms with Crippen LogP contribution < -0.4 is 10.6 Å². The maximum absolute atomic E-state index is 11.5. The van der Waals surface area contributed by atoms with Crippen molar-refractivity contribution in [1.29, 1.82) is 0 Å². The minimum atomic E-state index is -0.137. The lowest BCUT2D eigenvalue weighted by Crippen LogP contribution is -2.31. The Morgan fingerprint density at radius 1 is 1.60 bits per heavy atom. The molecule has 15 heavy (non-hydrogen) atoms. The first-order valence-corrected chi connectivity index (χ1v) is 4.71. The minimum Gasteiger partial charge on any atom is -0.370 e. The van der Waals surface area contributed by atoms with Gasteiger partial charge >= 0.3 is 0 Å². The maximum atomic E-state index is 11.5. The molecule has 0 saturated heterocycles. The van der Waals surface area contributed by atoms with Crippen molar-refractivity contribution in [2.45, 2.75) is 0 Å². The van der Waals surface area contributed by atoms with Crippen LogP contribution in [-0.2, 0) is 9.53 Å². The SMILES string of the molecule is CN(C(=O)COCCN)c1ccccn1. The molecular formula is C10H15N3O2. The number of amides is 1. The van der Waals surface area contributed by atoms with Crippen molar-refractivity contribution in [3.8, 4) is 0 Å². The third-order valence-corrected chi connectivity index (χ3v) is 1.85. The smallest absolute Gasteiger partial charge is 0.253 e.